The van der Waals surface area contributed by atoms with Gasteiger partial charge in [-0.1, -0.05) is 23.7 Å². The summed E-state index contributed by atoms with van der Waals surface area (Å²) in [5, 5.41) is 8.59. The van der Waals surface area contributed by atoms with Crippen molar-refractivity contribution in [2.45, 2.75) is 25.3 Å². The summed E-state index contributed by atoms with van der Waals surface area (Å²) in [5.41, 5.74) is 1.68. The molecule has 1 saturated heterocycles. The zero-order valence-corrected chi connectivity index (χ0v) is 14.7. The molecule has 0 spiro atoms. The van der Waals surface area contributed by atoms with Gasteiger partial charge in [-0.25, -0.2) is 0 Å². The Morgan fingerprint density at radius 2 is 2.17 bits per heavy atom. The highest BCUT2D eigenvalue weighted by Crippen LogP contribution is 2.16. The summed E-state index contributed by atoms with van der Waals surface area (Å²) in [6.45, 7) is 2.64. The zero-order chi connectivity index (χ0) is 16.9. The summed E-state index contributed by atoms with van der Waals surface area (Å²) in [7, 11) is 1.82. The minimum absolute atomic E-state index is 0.0357. The summed E-state index contributed by atoms with van der Waals surface area (Å²) >= 11 is 5.89. The average molecular weight is 347 g/mol. The second-order valence-electron chi connectivity index (χ2n) is 6.28. The molecule has 1 aromatic carbocycles. The van der Waals surface area contributed by atoms with Crippen molar-refractivity contribution in [1.29, 1.82) is 0 Å². The number of rotatable bonds is 5. The first-order valence-electron chi connectivity index (χ1n) is 8.39. The maximum atomic E-state index is 12.5. The van der Waals surface area contributed by atoms with Crippen LogP contribution in [-0.4, -0.2) is 47.3 Å². The van der Waals surface area contributed by atoms with E-state index in [0.29, 0.717) is 18.3 Å². The molecule has 1 aliphatic heterocycles. The molecule has 128 valence electrons. The molecule has 0 radical (unpaired) electrons. The van der Waals surface area contributed by atoms with Gasteiger partial charge in [0.05, 0.1) is 6.04 Å². The van der Waals surface area contributed by atoms with Gasteiger partial charge in [-0.05, 0) is 49.6 Å². The van der Waals surface area contributed by atoms with E-state index in [1.54, 1.807) is 4.90 Å². The van der Waals surface area contributed by atoms with Crippen LogP contribution in [0.15, 0.2) is 36.5 Å². The zero-order valence-electron chi connectivity index (χ0n) is 13.9. The Bertz CT molecular complexity index is 677. The molecule has 1 unspecified atom stereocenters. The topological polar surface area (TPSA) is 50.2 Å². The third kappa shape index (κ3) is 4.16. The van der Waals surface area contributed by atoms with E-state index in [-0.39, 0.29) is 5.91 Å². The number of piperidine rings is 1. The Morgan fingerprint density at radius 3 is 2.88 bits per heavy atom. The van der Waals surface area contributed by atoms with Crippen molar-refractivity contribution in [3.63, 3.8) is 0 Å². The van der Waals surface area contributed by atoms with Crippen molar-refractivity contribution < 1.29 is 4.79 Å². The molecule has 0 saturated carbocycles. The highest BCUT2D eigenvalue weighted by atomic mass is 35.5. The number of amides is 1. The minimum atomic E-state index is -0.0357. The van der Waals surface area contributed by atoms with Crippen molar-refractivity contribution in [1.82, 2.24) is 20.0 Å². The molecule has 1 atom stereocenters. The molecule has 24 heavy (non-hydrogen) atoms. The predicted molar refractivity (Wildman–Crippen MR) is 95.5 cm³/mol. The molecule has 5 nitrogen and oxygen atoms in total. The summed E-state index contributed by atoms with van der Waals surface area (Å²) in [6.07, 6.45) is 4.97. The first-order valence-corrected chi connectivity index (χ1v) is 8.77. The molecule has 1 aliphatic rings. The van der Waals surface area contributed by atoms with Gasteiger partial charge >= 0.3 is 0 Å². The molecule has 1 N–H and O–H groups in total. The van der Waals surface area contributed by atoms with Gasteiger partial charge in [0.15, 0.2) is 0 Å². The fourth-order valence-electron chi connectivity index (χ4n) is 2.96. The number of benzene rings is 1. The third-order valence-corrected chi connectivity index (χ3v) is 4.72. The van der Waals surface area contributed by atoms with Crippen LogP contribution in [0, 0.1) is 0 Å². The monoisotopic (exact) mass is 346 g/mol. The Balaban J connectivity index is 1.57. The SMILES string of the molecule is CN(CCc1ccc(Cl)cc1)C(=O)c1ccn(C2CCCNC2)n1. The summed E-state index contributed by atoms with van der Waals surface area (Å²) in [4.78, 5) is 14.3. The van der Waals surface area contributed by atoms with Crippen LogP contribution in [-0.2, 0) is 6.42 Å². The van der Waals surface area contributed by atoms with Crippen LogP contribution in [0.1, 0.15) is 34.9 Å². The Morgan fingerprint density at radius 1 is 1.38 bits per heavy atom. The van der Waals surface area contributed by atoms with E-state index in [1.165, 1.54) is 0 Å². The lowest BCUT2D eigenvalue weighted by molar-refractivity contribution is 0.0789. The normalized spacial score (nSPS) is 17.7. The number of hydrogen-bond donors (Lipinski definition) is 1. The minimum Gasteiger partial charge on any atom is -0.340 e. The van der Waals surface area contributed by atoms with Crippen LogP contribution < -0.4 is 5.32 Å². The van der Waals surface area contributed by atoms with E-state index < -0.39 is 0 Å². The summed E-state index contributed by atoms with van der Waals surface area (Å²) in [5.74, 6) is -0.0357. The molecule has 6 heteroatoms. The Hall–Kier alpha value is -1.85. The first kappa shape index (κ1) is 17.0. The molecule has 1 amide bonds. The van der Waals surface area contributed by atoms with E-state index in [1.807, 2.05) is 48.3 Å². The number of carbonyl (C=O) groups excluding carboxylic acids is 1. The van der Waals surface area contributed by atoms with Crippen LogP contribution >= 0.6 is 11.6 Å². The Labute approximate surface area is 147 Å². The highest BCUT2D eigenvalue weighted by molar-refractivity contribution is 6.30. The van der Waals surface area contributed by atoms with Gasteiger partial charge in [-0.15, -0.1) is 0 Å². The largest absolute Gasteiger partial charge is 0.340 e. The van der Waals surface area contributed by atoms with Crippen molar-refractivity contribution >= 4 is 17.5 Å². The molecule has 0 bridgehead atoms. The van der Waals surface area contributed by atoms with Crippen molar-refractivity contribution in [3.8, 4) is 0 Å². The lowest BCUT2D eigenvalue weighted by Gasteiger charge is -2.23. The fraction of sp³-hybridized carbons (Fsp3) is 0.444. The van der Waals surface area contributed by atoms with E-state index in [9.17, 15) is 4.79 Å². The van der Waals surface area contributed by atoms with Crippen molar-refractivity contribution in [3.05, 3.63) is 52.8 Å². The number of nitrogens with one attached hydrogen (secondary N) is 1. The van der Waals surface area contributed by atoms with Gasteiger partial charge in [-0.2, -0.15) is 5.10 Å². The van der Waals surface area contributed by atoms with Gasteiger partial charge in [0.25, 0.3) is 5.91 Å². The number of likely N-dealkylation sites (N-methyl/N-ethyl adjacent to an activating group) is 1. The number of nitrogens with zero attached hydrogens (tertiary/aromatic N) is 3. The van der Waals surface area contributed by atoms with Crippen LogP contribution in [0.3, 0.4) is 0 Å². The van der Waals surface area contributed by atoms with Crippen molar-refractivity contribution in [2.75, 3.05) is 26.7 Å². The molecule has 2 heterocycles. The molecule has 1 fully saturated rings. The summed E-state index contributed by atoms with van der Waals surface area (Å²) in [6, 6.07) is 9.89. The fourth-order valence-corrected chi connectivity index (χ4v) is 3.09. The number of aromatic nitrogens is 2. The van der Waals surface area contributed by atoms with Gasteiger partial charge in [-0.3, -0.25) is 9.48 Å². The first-order chi connectivity index (χ1) is 11.6. The van der Waals surface area contributed by atoms with Gasteiger partial charge < -0.3 is 10.2 Å². The average Bonchev–Trinajstić information content (AvgIpc) is 3.11. The molecule has 2 aromatic rings. The lowest BCUT2D eigenvalue weighted by Crippen LogP contribution is -2.32. The van der Waals surface area contributed by atoms with E-state index in [0.717, 1.165) is 42.9 Å². The third-order valence-electron chi connectivity index (χ3n) is 4.47. The molecular formula is C18H23ClN4O. The van der Waals surface area contributed by atoms with E-state index in [2.05, 4.69) is 10.4 Å². The van der Waals surface area contributed by atoms with E-state index in [4.69, 9.17) is 11.6 Å². The van der Waals surface area contributed by atoms with Gasteiger partial charge in [0.1, 0.15) is 5.69 Å². The smallest absolute Gasteiger partial charge is 0.274 e. The van der Waals surface area contributed by atoms with Gasteiger partial charge in [0, 0.05) is 31.4 Å². The number of halogens is 1. The molecular weight excluding hydrogens is 324 g/mol. The molecule has 0 aliphatic carbocycles. The highest BCUT2D eigenvalue weighted by Gasteiger charge is 2.19. The van der Waals surface area contributed by atoms with Crippen LogP contribution in [0.5, 0.6) is 0 Å². The van der Waals surface area contributed by atoms with E-state index >= 15 is 0 Å². The lowest BCUT2D eigenvalue weighted by atomic mass is 10.1. The quantitative estimate of drug-likeness (QED) is 0.905. The maximum Gasteiger partial charge on any atom is 0.274 e. The van der Waals surface area contributed by atoms with Crippen molar-refractivity contribution in [2.24, 2.45) is 0 Å². The van der Waals surface area contributed by atoms with Gasteiger partial charge in [0.2, 0.25) is 0 Å². The second-order valence-corrected chi connectivity index (χ2v) is 6.72. The Kier molecular flexibility index (Phi) is 5.53. The molecule has 1 aromatic heterocycles. The predicted octanol–water partition coefficient (Wildman–Crippen LogP) is 2.78. The molecule has 3 rings (SSSR count). The van der Waals surface area contributed by atoms with Crippen LogP contribution in [0.25, 0.3) is 0 Å². The summed E-state index contributed by atoms with van der Waals surface area (Å²) < 4.78 is 1.92. The van der Waals surface area contributed by atoms with Crippen LogP contribution in [0.2, 0.25) is 5.02 Å². The van der Waals surface area contributed by atoms with Crippen LogP contribution in [0.4, 0.5) is 0 Å². The number of carbonyl (C=O) groups is 1. The maximum absolute atomic E-state index is 12.5. The second kappa shape index (κ2) is 7.81. The standard InChI is InChI=1S/C18H23ClN4O/c1-22(11-8-14-4-6-15(19)7-5-14)18(24)17-9-12-23(21-17)16-3-2-10-20-13-16/h4-7,9,12,16,20H,2-3,8,10-11,13H2,1H3. The number of hydrogen-bond acceptors (Lipinski definition) is 3.